The van der Waals surface area contributed by atoms with Crippen molar-refractivity contribution in [2.24, 2.45) is 0 Å². The second-order valence-corrected chi connectivity index (χ2v) is 10.0. The van der Waals surface area contributed by atoms with Gasteiger partial charge in [0.1, 0.15) is 5.82 Å². The van der Waals surface area contributed by atoms with Crippen molar-refractivity contribution in [3.05, 3.63) is 64.8 Å². The van der Waals surface area contributed by atoms with Gasteiger partial charge >= 0.3 is 0 Å². The molecule has 0 atom stereocenters. The summed E-state index contributed by atoms with van der Waals surface area (Å²) in [6, 6.07) is 12.8. The van der Waals surface area contributed by atoms with Gasteiger partial charge in [0, 0.05) is 30.9 Å². The molecule has 0 aliphatic carbocycles. The molecule has 0 bridgehead atoms. The minimum absolute atomic E-state index is 0.0512. The van der Waals surface area contributed by atoms with Gasteiger partial charge in [-0.05, 0) is 54.6 Å². The summed E-state index contributed by atoms with van der Waals surface area (Å²) in [6.45, 7) is 3.33. The lowest BCUT2D eigenvalue weighted by Gasteiger charge is -2.22. The summed E-state index contributed by atoms with van der Waals surface area (Å²) in [5.41, 5.74) is 0.968. The average Bonchev–Trinajstić information content (AvgIpc) is 2.89. The highest BCUT2D eigenvalue weighted by molar-refractivity contribution is 7.89. The van der Waals surface area contributed by atoms with Gasteiger partial charge in [0.2, 0.25) is 10.0 Å². The molecule has 1 aromatic heterocycles. The molecule has 1 fully saturated rings. The highest BCUT2D eigenvalue weighted by Crippen LogP contribution is 2.31. The molecule has 2 heterocycles. The molecule has 152 valence electrons. The van der Waals surface area contributed by atoms with E-state index in [0.717, 1.165) is 27.8 Å². The van der Waals surface area contributed by atoms with E-state index in [1.807, 2.05) is 31.2 Å². The van der Waals surface area contributed by atoms with Crippen molar-refractivity contribution in [2.45, 2.75) is 18.2 Å². The van der Waals surface area contributed by atoms with Gasteiger partial charge in [-0.3, -0.25) is 4.79 Å². The Labute approximate surface area is 173 Å². The van der Waals surface area contributed by atoms with Crippen LogP contribution in [0.25, 0.3) is 10.1 Å². The molecule has 0 spiro atoms. The molecule has 2 aromatic carbocycles. The third-order valence-corrected chi connectivity index (χ3v) is 8.41. The smallest absolute Gasteiger partial charge is 0.264 e. The molecule has 5 nitrogen and oxygen atoms in total. The molecular weight excluding hydrogens is 411 g/mol. The molecule has 0 N–H and O–H groups in total. The number of nitrogens with zero attached hydrogens (tertiary/aromatic N) is 2. The summed E-state index contributed by atoms with van der Waals surface area (Å²) < 4.78 is 41.3. The fourth-order valence-electron chi connectivity index (χ4n) is 3.61. The fourth-order valence-corrected chi connectivity index (χ4v) is 6.26. The van der Waals surface area contributed by atoms with Crippen LogP contribution in [0.15, 0.2) is 53.4 Å². The molecule has 4 rings (SSSR count). The number of aryl methyl sites for hydroxylation is 1. The first-order valence-electron chi connectivity index (χ1n) is 9.41. The Balaban J connectivity index is 1.53. The van der Waals surface area contributed by atoms with Gasteiger partial charge in [0.25, 0.3) is 5.91 Å². The third-order valence-electron chi connectivity index (χ3n) is 5.23. The molecule has 3 aromatic rings. The lowest BCUT2D eigenvalue weighted by Crippen LogP contribution is -2.37. The standard InChI is InChI=1S/C21H21FN2O3S2/c1-15-18-5-2-3-6-19(18)28-20(15)21(25)23-11-4-12-24(14-13-23)29(26,27)17-9-7-16(22)8-10-17/h2-3,5-10H,4,11-14H2,1H3. The Morgan fingerprint density at radius 1 is 1.00 bits per heavy atom. The van der Waals surface area contributed by atoms with E-state index in [1.165, 1.54) is 27.8 Å². The van der Waals surface area contributed by atoms with E-state index >= 15 is 0 Å². The fraction of sp³-hybridized carbons (Fsp3) is 0.286. The summed E-state index contributed by atoms with van der Waals surface area (Å²) in [5, 5.41) is 1.08. The Morgan fingerprint density at radius 2 is 1.72 bits per heavy atom. The number of hydrogen-bond acceptors (Lipinski definition) is 4. The number of rotatable bonds is 3. The van der Waals surface area contributed by atoms with Gasteiger partial charge in [0.15, 0.2) is 0 Å². The molecule has 0 radical (unpaired) electrons. The maximum atomic E-state index is 13.1. The van der Waals surface area contributed by atoms with Crippen LogP contribution in [0.5, 0.6) is 0 Å². The van der Waals surface area contributed by atoms with E-state index in [-0.39, 0.29) is 17.3 Å². The van der Waals surface area contributed by atoms with Gasteiger partial charge in [-0.2, -0.15) is 4.31 Å². The SMILES string of the molecule is Cc1c(C(=O)N2CCCN(S(=O)(=O)c3ccc(F)cc3)CC2)sc2ccccc12. The maximum Gasteiger partial charge on any atom is 0.264 e. The summed E-state index contributed by atoms with van der Waals surface area (Å²) in [4.78, 5) is 15.6. The number of amides is 1. The molecule has 8 heteroatoms. The highest BCUT2D eigenvalue weighted by atomic mass is 32.2. The van der Waals surface area contributed by atoms with Crippen LogP contribution in [0.2, 0.25) is 0 Å². The molecule has 0 saturated carbocycles. The van der Waals surface area contributed by atoms with E-state index in [2.05, 4.69) is 0 Å². The zero-order valence-electron chi connectivity index (χ0n) is 16.0. The third kappa shape index (κ3) is 3.80. The van der Waals surface area contributed by atoms with Crippen LogP contribution in [0.1, 0.15) is 21.7 Å². The normalized spacial score (nSPS) is 16.1. The van der Waals surface area contributed by atoms with Crippen LogP contribution in [-0.4, -0.2) is 49.7 Å². The highest BCUT2D eigenvalue weighted by Gasteiger charge is 2.29. The van der Waals surface area contributed by atoms with Crippen LogP contribution < -0.4 is 0 Å². The van der Waals surface area contributed by atoms with Gasteiger partial charge in [-0.15, -0.1) is 11.3 Å². The van der Waals surface area contributed by atoms with Crippen LogP contribution in [0.4, 0.5) is 4.39 Å². The van der Waals surface area contributed by atoms with Crippen molar-refractivity contribution in [2.75, 3.05) is 26.2 Å². The molecule has 1 aliphatic rings. The van der Waals surface area contributed by atoms with Gasteiger partial charge in [-0.25, -0.2) is 12.8 Å². The average molecular weight is 433 g/mol. The summed E-state index contributed by atoms with van der Waals surface area (Å²) in [6.07, 6.45) is 0.552. The molecular formula is C21H21FN2O3S2. The quantitative estimate of drug-likeness (QED) is 0.631. The van der Waals surface area contributed by atoms with Crippen molar-refractivity contribution in [1.82, 2.24) is 9.21 Å². The van der Waals surface area contributed by atoms with E-state index in [0.29, 0.717) is 30.9 Å². The minimum Gasteiger partial charge on any atom is -0.337 e. The van der Waals surface area contributed by atoms with Crippen molar-refractivity contribution in [3.8, 4) is 0 Å². The molecule has 0 unspecified atom stereocenters. The predicted molar refractivity (Wildman–Crippen MR) is 112 cm³/mol. The maximum absolute atomic E-state index is 13.1. The summed E-state index contributed by atoms with van der Waals surface area (Å²) in [7, 11) is -3.71. The Bertz CT molecular complexity index is 1160. The van der Waals surface area contributed by atoms with E-state index < -0.39 is 15.8 Å². The molecule has 29 heavy (non-hydrogen) atoms. The van der Waals surface area contributed by atoms with Gasteiger partial charge in [-0.1, -0.05) is 18.2 Å². The van der Waals surface area contributed by atoms with Crippen LogP contribution in [0.3, 0.4) is 0 Å². The number of benzene rings is 2. The Hall–Kier alpha value is -2.29. The first-order valence-corrected chi connectivity index (χ1v) is 11.7. The Kier molecular flexibility index (Phi) is 5.42. The number of fused-ring (bicyclic) bond motifs is 1. The largest absolute Gasteiger partial charge is 0.337 e. The number of thiophene rings is 1. The van der Waals surface area contributed by atoms with Crippen LogP contribution >= 0.6 is 11.3 Å². The van der Waals surface area contributed by atoms with Crippen molar-refractivity contribution >= 4 is 37.4 Å². The van der Waals surface area contributed by atoms with Gasteiger partial charge < -0.3 is 4.90 Å². The topological polar surface area (TPSA) is 57.7 Å². The van der Waals surface area contributed by atoms with E-state index in [4.69, 9.17) is 0 Å². The number of halogens is 1. The second-order valence-electron chi connectivity index (χ2n) is 7.06. The second kappa shape index (κ2) is 7.85. The van der Waals surface area contributed by atoms with E-state index in [1.54, 1.807) is 4.90 Å². The van der Waals surface area contributed by atoms with Crippen LogP contribution in [-0.2, 0) is 10.0 Å². The predicted octanol–water partition coefficient (Wildman–Crippen LogP) is 3.89. The zero-order valence-corrected chi connectivity index (χ0v) is 17.6. The lowest BCUT2D eigenvalue weighted by molar-refractivity contribution is 0.0768. The number of carbonyl (C=O) groups excluding carboxylic acids is 1. The number of hydrogen-bond donors (Lipinski definition) is 0. The van der Waals surface area contributed by atoms with Crippen molar-refractivity contribution < 1.29 is 17.6 Å². The number of sulfonamides is 1. The van der Waals surface area contributed by atoms with Crippen molar-refractivity contribution in [1.29, 1.82) is 0 Å². The minimum atomic E-state index is -3.71. The molecule has 1 amide bonds. The van der Waals surface area contributed by atoms with Gasteiger partial charge in [0.05, 0.1) is 9.77 Å². The summed E-state index contributed by atoms with van der Waals surface area (Å²) in [5.74, 6) is -0.528. The lowest BCUT2D eigenvalue weighted by atomic mass is 10.1. The zero-order chi connectivity index (χ0) is 20.6. The van der Waals surface area contributed by atoms with Crippen molar-refractivity contribution in [3.63, 3.8) is 0 Å². The van der Waals surface area contributed by atoms with Crippen LogP contribution in [0, 0.1) is 12.7 Å². The summed E-state index contributed by atoms with van der Waals surface area (Å²) >= 11 is 1.48. The monoisotopic (exact) mass is 432 g/mol. The Morgan fingerprint density at radius 3 is 2.45 bits per heavy atom. The molecule has 1 aliphatic heterocycles. The first kappa shape index (κ1) is 20.0. The van der Waals surface area contributed by atoms with E-state index in [9.17, 15) is 17.6 Å². The molecule has 1 saturated heterocycles. The first-order chi connectivity index (χ1) is 13.9. The number of carbonyl (C=O) groups is 1.